The Morgan fingerprint density at radius 2 is 1.78 bits per heavy atom. The number of hydrogen-bond donors (Lipinski definition) is 1. The zero-order chi connectivity index (χ0) is 25.2. The van der Waals surface area contributed by atoms with Crippen LogP contribution in [-0.2, 0) is 10.2 Å². The largest absolute Gasteiger partial charge is 0.491 e. The van der Waals surface area contributed by atoms with Gasteiger partial charge in [0.25, 0.3) is 0 Å². The molecule has 36 heavy (non-hydrogen) atoms. The number of ether oxygens (including phenoxy) is 3. The maximum absolute atomic E-state index is 14.3. The number of carbonyl (C=O) groups is 2. The number of anilines is 1. The highest BCUT2D eigenvalue weighted by atomic mass is 16.6. The van der Waals surface area contributed by atoms with Crippen LogP contribution in [0.4, 0.5) is 10.5 Å². The van der Waals surface area contributed by atoms with Gasteiger partial charge in [-0.25, -0.2) is 4.79 Å². The van der Waals surface area contributed by atoms with E-state index in [-0.39, 0.29) is 29.9 Å². The van der Waals surface area contributed by atoms with E-state index >= 15 is 0 Å². The van der Waals surface area contributed by atoms with Crippen LogP contribution < -0.4 is 19.1 Å². The minimum absolute atomic E-state index is 0.00657. The zero-order valence-corrected chi connectivity index (χ0v) is 21.0. The van der Waals surface area contributed by atoms with Crippen molar-refractivity contribution >= 4 is 17.7 Å². The predicted octanol–water partition coefficient (Wildman–Crippen LogP) is 4.29. The fourth-order valence-electron chi connectivity index (χ4n) is 6.41. The first kappa shape index (κ1) is 23.0. The number of fused-ring (bicyclic) bond motifs is 5. The molecule has 4 aliphatic rings. The maximum Gasteiger partial charge on any atom is 0.407 e. The Morgan fingerprint density at radius 3 is 2.50 bits per heavy atom. The van der Waals surface area contributed by atoms with Gasteiger partial charge in [0.05, 0.1) is 0 Å². The Kier molecular flexibility index (Phi) is 5.14. The normalized spacial score (nSPS) is 26.6. The average Bonchev–Trinajstić information content (AvgIpc) is 3.34. The van der Waals surface area contributed by atoms with Crippen molar-refractivity contribution in [2.24, 2.45) is 11.3 Å². The highest BCUT2D eigenvalue weighted by Gasteiger charge is 2.57. The number of benzene rings is 2. The van der Waals surface area contributed by atoms with Gasteiger partial charge in [-0.2, -0.15) is 0 Å². The molecule has 0 radical (unpaired) electrons. The average molecular weight is 493 g/mol. The maximum atomic E-state index is 14.3. The second-order valence-corrected chi connectivity index (χ2v) is 11.4. The molecular formula is C28H32N2O6. The topological polar surface area (TPSA) is 88.5 Å². The number of amides is 2. The summed E-state index contributed by atoms with van der Waals surface area (Å²) in [6, 6.07) is 11.6. The quantitative estimate of drug-likeness (QED) is 0.673. The van der Waals surface area contributed by atoms with Crippen LogP contribution in [-0.4, -0.2) is 61.0 Å². The van der Waals surface area contributed by atoms with Gasteiger partial charge in [-0.15, -0.1) is 0 Å². The van der Waals surface area contributed by atoms with Crippen molar-refractivity contribution in [2.45, 2.75) is 45.1 Å². The van der Waals surface area contributed by atoms with Gasteiger partial charge < -0.3 is 29.1 Å². The molecule has 190 valence electrons. The minimum atomic E-state index is -0.924. The minimum Gasteiger partial charge on any atom is -0.491 e. The zero-order valence-electron chi connectivity index (χ0n) is 21.0. The van der Waals surface area contributed by atoms with Crippen molar-refractivity contribution in [1.29, 1.82) is 0 Å². The summed E-state index contributed by atoms with van der Waals surface area (Å²) in [4.78, 5) is 29.7. The molecule has 2 aromatic rings. The number of nitrogens with zero attached hydrogens (tertiary/aromatic N) is 2. The second-order valence-electron chi connectivity index (χ2n) is 11.4. The standard InChI is InChI=1S/C28H32N2O6/c1-27(2,3)24-12-17(8-9-29(24)26(32)33)15-30-20-7-5-4-6-18(20)28(25(30)31)16-36-21-14-23-22(13-19(21)28)34-10-11-35-23/h4-7,13-14,17,24H,8-12,15-16H2,1-3H3,(H,32,33). The molecule has 8 nitrogen and oxygen atoms in total. The van der Waals surface area contributed by atoms with Crippen molar-refractivity contribution in [3.63, 3.8) is 0 Å². The van der Waals surface area contributed by atoms with Crippen LogP contribution in [0.2, 0.25) is 0 Å². The molecule has 1 N–H and O–H groups in total. The van der Waals surface area contributed by atoms with Crippen molar-refractivity contribution in [3.8, 4) is 17.2 Å². The third kappa shape index (κ3) is 3.33. The summed E-state index contributed by atoms with van der Waals surface area (Å²) in [7, 11) is 0. The molecule has 1 fully saturated rings. The van der Waals surface area contributed by atoms with Crippen LogP contribution >= 0.6 is 0 Å². The van der Waals surface area contributed by atoms with E-state index in [1.165, 1.54) is 0 Å². The van der Waals surface area contributed by atoms with Crippen molar-refractivity contribution < 1.29 is 28.9 Å². The van der Waals surface area contributed by atoms with E-state index < -0.39 is 11.5 Å². The molecule has 8 heteroatoms. The Bertz CT molecular complexity index is 1240. The molecular weight excluding hydrogens is 460 g/mol. The van der Waals surface area contributed by atoms with Crippen molar-refractivity contribution in [2.75, 3.05) is 37.8 Å². The predicted molar refractivity (Wildman–Crippen MR) is 133 cm³/mol. The molecule has 3 unspecified atom stereocenters. The smallest absolute Gasteiger partial charge is 0.407 e. The van der Waals surface area contributed by atoms with Gasteiger partial charge in [-0.05, 0) is 41.9 Å². The molecule has 1 saturated heterocycles. The van der Waals surface area contributed by atoms with E-state index in [4.69, 9.17) is 14.2 Å². The first-order valence-electron chi connectivity index (χ1n) is 12.7. The molecule has 1 spiro atoms. The number of piperidine rings is 1. The number of hydrogen-bond acceptors (Lipinski definition) is 5. The lowest BCUT2D eigenvalue weighted by Gasteiger charge is -2.45. The lowest BCUT2D eigenvalue weighted by atomic mass is 9.76. The summed E-state index contributed by atoms with van der Waals surface area (Å²) < 4.78 is 17.7. The molecule has 6 rings (SSSR count). The van der Waals surface area contributed by atoms with E-state index in [0.29, 0.717) is 43.6 Å². The van der Waals surface area contributed by atoms with Gasteiger partial charge in [0, 0.05) is 36.4 Å². The van der Waals surface area contributed by atoms with Crippen LogP contribution in [0.25, 0.3) is 0 Å². The molecule has 4 heterocycles. The third-order valence-electron chi connectivity index (χ3n) is 8.21. The molecule has 0 aromatic heterocycles. The van der Waals surface area contributed by atoms with Gasteiger partial charge in [-0.3, -0.25) is 4.79 Å². The molecule has 4 aliphatic heterocycles. The molecule has 3 atom stereocenters. The molecule has 0 saturated carbocycles. The fourth-order valence-corrected chi connectivity index (χ4v) is 6.41. The van der Waals surface area contributed by atoms with E-state index in [1.807, 2.05) is 41.3 Å². The number of carboxylic acid groups (broad SMARTS) is 1. The van der Waals surface area contributed by atoms with Crippen LogP contribution in [0, 0.1) is 11.3 Å². The lowest BCUT2D eigenvalue weighted by molar-refractivity contribution is -0.122. The highest BCUT2D eigenvalue weighted by molar-refractivity contribution is 6.11. The Labute approximate surface area is 210 Å². The van der Waals surface area contributed by atoms with Crippen LogP contribution in [0.3, 0.4) is 0 Å². The van der Waals surface area contributed by atoms with E-state index in [1.54, 1.807) is 4.90 Å². The van der Waals surface area contributed by atoms with Crippen LogP contribution in [0.5, 0.6) is 17.2 Å². The first-order valence-corrected chi connectivity index (χ1v) is 12.7. The van der Waals surface area contributed by atoms with Crippen LogP contribution in [0.15, 0.2) is 36.4 Å². The Morgan fingerprint density at radius 1 is 1.06 bits per heavy atom. The number of rotatable bonds is 2. The monoisotopic (exact) mass is 492 g/mol. The van der Waals surface area contributed by atoms with Gasteiger partial charge in [0.2, 0.25) is 5.91 Å². The Hall–Kier alpha value is -3.42. The van der Waals surface area contributed by atoms with Crippen LogP contribution in [0.1, 0.15) is 44.7 Å². The summed E-state index contributed by atoms with van der Waals surface area (Å²) in [5.41, 5.74) is 1.56. The summed E-state index contributed by atoms with van der Waals surface area (Å²) in [6.45, 7) is 8.48. The first-order chi connectivity index (χ1) is 17.2. The van der Waals surface area contributed by atoms with Gasteiger partial charge in [-0.1, -0.05) is 39.0 Å². The second kappa shape index (κ2) is 8.05. The van der Waals surface area contributed by atoms with Gasteiger partial charge in [0.1, 0.15) is 31.0 Å². The van der Waals surface area contributed by atoms with Gasteiger partial charge >= 0.3 is 6.09 Å². The summed E-state index contributed by atoms with van der Waals surface area (Å²) >= 11 is 0. The van der Waals surface area contributed by atoms with E-state index in [0.717, 1.165) is 29.7 Å². The molecule has 0 aliphatic carbocycles. The van der Waals surface area contributed by atoms with Crippen molar-refractivity contribution in [1.82, 2.24) is 4.90 Å². The molecule has 2 amide bonds. The SMILES string of the molecule is CC(C)(C)C1CC(CN2C(=O)C3(COc4cc5c(cc43)OCCO5)c3ccccc32)CCN1C(=O)O. The van der Waals surface area contributed by atoms with Gasteiger partial charge in [0.15, 0.2) is 11.5 Å². The summed E-state index contributed by atoms with van der Waals surface area (Å²) in [5.74, 6) is 2.15. The third-order valence-corrected chi connectivity index (χ3v) is 8.21. The molecule has 0 bridgehead atoms. The van der Waals surface area contributed by atoms with E-state index in [2.05, 4.69) is 20.8 Å². The molecule has 2 aromatic carbocycles. The lowest BCUT2D eigenvalue weighted by Crippen LogP contribution is -2.53. The number of likely N-dealkylation sites (tertiary alicyclic amines) is 1. The summed E-state index contributed by atoms with van der Waals surface area (Å²) in [5, 5.41) is 9.76. The highest BCUT2D eigenvalue weighted by Crippen LogP contribution is 2.55. The Balaban J connectivity index is 1.35. The summed E-state index contributed by atoms with van der Waals surface area (Å²) in [6.07, 6.45) is 0.577. The van der Waals surface area contributed by atoms with Crippen molar-refractivity contribution in [3.05, 3.63) is 47.5 Å². The van der Waals surface area contributed by atoms with E-state index in [9.17, 15) is 14.7 Å². The number of para-hydroxylation sites is 1. The fraction of sp³-hybridized carbons (Fsp3) is 0.500. The number of carbonyl (C=O) groups excluding carboxylic acids is 1.